The van der Waals surface area contributed by atoms with E-state index in [2.05, 4.69) is 38.1 Å². The first-order chi connectivity index (χ1) is 15.2. The molecule has 6 heteroatoms. The molecule has 1 aliphatic rings. The zero-order valence-electron chi connectivity index (χ0n) is 21.5. The molecule has 1 aliphatic heterocycles. The van der Waals surface area contributed by atoms with E-state index in [-0.39, 0.29) is 17.5 Å². The van der Waals surface area contributed by atoms with Crippen LogP contribution in [0.25, 0.3) is 0 Å². The van der Waals surface area contributed by atoms with Crippen LogP contribution in [-0.4, -0.2) is 27.9 Å². The van der Waals surface area contributed by atoms with Crippen LogP contribution in [0.2, 0.25) is 0 Å². The Bertz CT molecular complexity index is 1020. The fourth-order valence-electron chi connectivity index (χ4n) is 4.84. The van der Waals surface area contributed by atoms with Crippen molar-refractivity contribution in [3.05, 3.63) is 59.5 Å². The summed E-state index contributed by atoms with van der Waals surface area (Å²) in [4.78, 5) is 12.8. The lowest BCUT2D eigenvalue weighted by Crippen LogP contribution is -2.57. The lowest BCUT2D eigenvalue weighted by atomic mass is 9.79. The molecule has 2 aromatic rings. The fourth-order valence-corrected chi connectivity index (χ4v) is 7.71. The van der Waals surface area contributed by atoms with Gasteiger partial charge in [-0.3, -0.25) is 9.65 Å². The SMILES string of the molecule is C[C@H](N[P@](=O)(c1ccccc1)c1ccccc1NC1CC(C)(C)[N+](=O)C(C)(C)C1)C(C)(C)C. The number of nitroso groups, excluding NO2 is 1. The number of hydrogen-bond acceptors (Lipinski definition) is 3. The first kappa shape index (κ1) is 25.6. The third-order valence-electron chi connectivity index (χ3n) is 6.99. The number of hydrogen-bond donors (Lipinski definition) is 2. The minimum absolute atomic E-state index is 0.0261. The fraction of sp³-hybridized carbons (Fsp3) is 0.556. The van der Waals surface area contributed by atoms with E-state index in [1.54, 1.807) is 0 Å². The normalized spacial score (nSPS) is 21.3. The molecule has 2 aromatic carbocycles. The summed E-state index contributed by atoms with van der Waals surface area (Å²) < 4.78 is 16.1. The Morgan fingerprint density at radius 3 is 2.00 bits per heavy atom. The Kier molecular flexibility index (Phi) is 6.99. The molecule has 0 saturated carbocycles. The van der Waals surface area contributed by atoms with Gasteiger partial charge in [0, 0.05) is 73.3 Å². The number of piperidine rings is 1. The van der Waals surface area contributed by atoms with Crippen LogP contribution in [0, 0.1) is 10.3 Å². The van der Waals surface area contributed by atoms with Crippen LogP contribution in [0.5, 0.6) is 0 Å². The zero-order chi connectivity index (χ0) is 24.7. The van der Waals surface area contributed by atoms with E-state index in [0.717, 1.165) is 29.1 Å². The van der Waals surface area contributed by atoms with Crippen molar-refractivity contribution in [3.63, 3.8) is 0 Å². The predicted octanol–water partition coefficient (Wildman–Crippen LogP) is 5.85. The van der Waals surface area contributed by atoms with Crippen molar-refractivity contribution in [2.45, 2.75) is 91.4 Å². The lowest BCUT2D eigenvalue weighted by molar-refractivity contribution is -0.692. The summed E-state index contributed by atoms with van der Waals surface area (Å²) in [6.07, 6.45) is 1.44. The molecule has 1 fully saturated rings. The van der Waals surface area contributed by atoms with Gasteiger partial charge in [-0.15, -0.1) is 0 Å². The molecular formula is C27H41N3O2P+. The van der Waals surface area contributed by atoms with Crippen molar-refractivity contribution < 1.29 is 9.33 Å². The van der Waals surface area contributed by atoms with Crippen molar-refractivity contribution in [1.29, 1.82) is 0 Å². The zero-order valence-corrected chi connectivity index (χ0v) is 22.4. The molecular weight excluding hydrogens is 429 g/mol. The van der Waals surface area contributed by atoms with Crippen molar-refractivity contribution in [3.8, 4) is 0 Å². The Labute approximate surface area is 199 Å². The highest BCUT2D eigenvalue weighted by molar-refractivity contribution is 7.77. The summed E-state index contributed by atoms with van der Waals surface area (Å²) in [5, 5.41) is 8.81. The van der Waals surface area contributed by atoms with Crippen molar-refractivity contribution in [2.75, 3.05) is 5.32 Å². The van der Waals surface area contributed by atoms with Gasteiger partial charge in [-0.1, -0.05) is 51.1 Å². The minimum atomic E-state index is -3.14. The summed E-state index contributed by atoms with van der Waals surface area (Å²) in [5.41, 5.74) is -0.136. The maximum Gasteiger partial charge on any atom is 0.207 e. The topological polar surface area (TPSA) is 61.2 Å². The Balaban J connectivity index is 2.04. The van der Waals surface area contributed by atoms with E-state index < -0.39 is 18.4 Å². The third kappa shape index (κ3) is 5.41. The first-order valence-electron chi connectivity index (χ1n) is 11.9. The second-order valence-corrected chi connectivity index (χ2v) is 14.3. The summed E-state index contributed by atoms with van der Waals surface area (Å²) in [6, 6.07) is 17.8. The van der Waals surface area contributed by atoms with E-state index >= 15 is 0 Å². The quantitative estimate of drug-likeness (QED) is 0.411. The number of nitrogens with one attached hydrogen (secondary N) is 2. The van der Waals surface area contributed by atoms with Crippen LogP contribution in [0.3, 0.4) is 0 Å². The van der Waals surface area contributed by atoms with Crippen molar-refractivity contribution in [1.82, 2.24) is 5.09 Å². The van der Waals surface area contributed by atoms with Gasteiger partial charge in [0.15, 0.2) is 0 Å². The highest BCUT2D eigenvalue weighted by Crippen LogP contribution is 2.44. The van der Waals surface area contributed by atoms with Crippen LogP contribution in [0.4, 0.5) is 5.69 Å². The summed E-state index contributed by atoms with van der Waals surface area (Å²) in [7, 11) is -3.14. The molecule has 2 N–H and O–H groups in total. The van der Waals surface area contributed by atoms with Crippen LogP contribution < -0.4 is 21.0 Å². The molecule has 180 valence electrons. The average Bonchev–Trinajstić information content (AvgIpc) is 2.72. The van der Waals surface area contributed by atoms with Crippen molar-refractivity contribution in [2.24, 2.45) is 5.41 Å². The van der Waals surface area contributed by atoms with Crippen molar-refractivity contribution >= 4 is 23.6 Å². The number of rotatable bonds is 6. The first-order valence-corrected chi connectivity index (χ1v) is 13.6. The van der Waals surface area contributed by atoms with Crippen LogP contribution >= 0.6 is 7.29 Å². The second kappa shape index (κ2) is 9.00. The van der Waals surface area contributed by atoms with Gasteiger partial charge in [-0.05, 0) is 36.6 Å². The highest BCUT2D eigenvalue weighted by atomic mass is 31.2. The van der Waals surface area contributed by atoms with E-state index in [0.29, 0.717) is 0 Å². The highest BCUT2D eigenvalue weighted by Gasteiger charge is 2.53. The lowest BCUT2D eigenvalue weighted by Gasteiger charge is -2.38. The van der Waals surface area contributed by atoms with E-state index in [1.165, 1.54) is 4.76 Å². The Hall–Kier alpha value is -1.97. The standard InChI is InChI=1S/C27H41N3O2P/c1-20(25(2,3)4)29-33(32,22-14-10-9-11-15-22)24-17-13-12-16-23(24)28-21-18-26(5,6)30(31)27(7,8)19-21/h9-17,20-21,28H,18-19H2,1-8H3,(H,29,32)/q+1/t20-,33-/m0/s1. The maximum absolute atomic E-state index is 14.8. The third-order valence-corrected chi connectivity index (χ3v) is 9.83. The summed E-state index contributed by atoms with van der Waals surface area (Å²) in [6.45, 7) is 16.6. The number of benzene rings is 2. The summed E-state index contributed by atoms with van der Waals surface area (Å²) >= 11 is 0. The molecule has 0 amide bonds. The van der Waals surface area contributed by atoms with Gasteiger partial charge in [-0.2, -0.15) is 0 Å². The van der Waals surface area contributed by atoms with Crippen LogP contribution in [0.15, 0.2) is 54.6 Å². The smallest absolute Gasteiger partial charge is 0.207 e. The Morgan fingerprint density at radius 1 is 0.939 bits per heavy atom. The molecule has 33 heavy (non-hydrogen) atoms. The van der Waals surface area contributed by atoms with E-state index in [4.69, 9.17) is 0 Å². The molecule has 1 heterocycles. The van der Waals surface area contributed by atoms with Crippen LogP contribution in [-0.2, 0) is 4.57 Å². The molecule has 5 nitrogen and oxygen atoms in total. The molecule has 0 radical (unpaired) electrons. The molecule has 0 bridgehead atoms. The largest absolute Gasteiger partial charge is 0.381 e. The molecule has 0 aromatic heterocycles. The monoisotopic (exact) mass is 470 g/mol. The van der Waals surface area contributed by atoms with Gasteiger partial charge in [-0.25, -0.2) is 0 Å². The minimum Gasteiger partial charge on any atom is -0.381 e. The van der Waals surface area contributed by atoms with Gasteiger partial charge in [0.2, 0.25) is 18.4 Å². The van der Waals surface area contributed by atoms with Crippen LogP contribution in [0.1, 0.15) is 68.2 Å². The number of nitrogens with zero attached hydrogens (tertiary/aromatic N) is 1. The van der Waals surface area contributed by atoms with Gasteiger partial charge in [0.05, 0.1) is 5.30 Å². The van der Waals surface area contributed by atoms with E-state index in [9.17, 15) is 9.47 Å². The Morgan fingerprint density at radius 2 is 1.45 bits per heavy atom. The predicted molar refractivity (Wildman–Crippen MR) is 140 cm³/mol. The van der Waals surface area contributed by atoms with Gasteiger partial charge in [0.1, 0.15) is 0 Å². The number of para-hydroxylation sites is 1. The van der Waals surface area contributed by atoms with Gasteiger partial charge < -0.3 is 5.32 Å². The molecule has 0 unspecified atom stereocenters. The molecule has 2 atom stereocenters. The molecule has 0 aliphatic carbocycles. The second-order valence-electron chi connectivity index (χ2n) is 11.8. The van der Waals surface area contributed by atoms with Gasteiger partial charge in [0.25, 0.3) is 0 Å². The molecule has 3 rings (SSSR count). The molecule has 1 saturated heterocycles. The average molecular weight is 471 g/mol. The number of anilines is 1. The molecule has 0 spiro atoms. The van der Waals surface area contributed by atoms with E-state index in [1.807, 2.05) is 82.3 Å². The van der Waals surface area contributed by atoms with Gasteiger partial charge >= 0.3 is 0 Å². The maximum atomic E-state index is 14.8. The summed E-state index contributed by atoms with van der Waals surface area (Å²) in [5.74, 6) is 0.